The van der Waals surface area contributed by atoms with Gasteiger partial charge in [-0.3, -0.25) is 4.98 Å². The highest BCUT2D eigenvalue weighted by Crippen LogP contribution is 2.34. The Morgan fingerprint density at radius 2 is 2.40 bits per heavy atom. The van der Waals surface area contributed by atoms with Crippen LogP contribution in [0.3, 0.4) is 0 Å². The number of nitrogens with one attached hydrogen (secondary N) is 1. The molecule has 0 unspecified atom stereocenters. The third kappa shape index (κ3) is 2.76. The van der Waals surface area contributed by atoms with Gasteiger partial charge in [-0.05, 0) is 30.9 Å². The average molecular weight is 310 g/mol. The summed E-state index contributed by atoms with van der Waals surface area (Å²) in [5.74, 6) is 0. The minimum absolute atomic E-state index is 0.0105. The highest BCUT2D eigenvalue weighted by atomic mass is 35.5. The zero-order chi connectivity index (χ0) is 14.1. The van der Waals surface area contributed by atoms with Crippen LogP contribution in [0, 0.1) is 0 Å². The molecule has 0 radical (unpaired) electrons. The summed E-state index contributed by atoms with van der Waals surface area (Å²) in [7, 11) is 0. The van der Waals surface area contributed by atoms with E-state index < -0.39 is 6.09 Å². The lowest BCUT2D eigenvalue weighted by atomic mass is 9.94. The van der Waals surface area contributed by atoms with Gasteiger partial charge in [-0.15, -0.1) is 11.3 Å². The number of thiophene rings is 1. The first-order chi connectivity index (χ1) is 9.61. The van der Waals surface area contributed by atoms with Crippen molar-refractivity contribution in [2.24, 2.45) is 0 Å². The van der Waals surface area contributed by atoms with E-state index in [4.69, 9.17) is 16.7 Å². The maximum atomic E-state index is 10.6. The summed E-state index contributed by atoms with van der Waals surface area (Å²) in [4.78, 5) is 21.1. The quantitative estimate of drug-likeness (QED) is 0.889. The summed E-state index contributed by atoms with van der Waals surface area (Å²) in [6.07, 6.45) is 5.06. The Hall–Kier alpha value is -1.66. The fourth-order valence-electron chi connectivity index (χ4n) is 2.31. The van der Waals surface area contributed by atoms with E-state index in [9.17, 15) is 4.79 Å². The largest absolute Gasteiger partial charge is 0.465 e. The van der Waals surface area contributed by atoms with Crippen molar-refractivity contribution in [1.82, 2.24) is 15.3 Å². The van der Waals surface area contributed by atoms with E-state index in [1.165, 1.54) is 5.57 Å². The van der Waals surface area contributed by atoms with E-state index in [1.807, 2.05) is 6.07 Å². The minimum Gasteiger partial charge on any atom is -0.465 e. The van der Waals surface area contributed by atoms with Crippen molar-refractivity contribution in [3.05, 3.63) is 28.4 Å². The second-order valence-electron chi connectivity index (χ2n) is 4.64. The van der Waals surface area contributed by atoms with Crippen LogP contribution in [0.25, 0.3) is 15.9 Å². The van der Waals surface area contributed by atoms with Gasteiger partial charge in [0, 0.05) is 10.9 Å². The standard InChI is InChI=1S/C13H12ClN3O2S/c14-11-6-15-9-5-10(20-12(9)17-11)7-1-3-8(4-2-7)16-13(18)19/h1,5-6,8,16H,2-4H2,(H,18,19)/t8-/m0/s1. The molecule has 104 valence electrons. The van der Waals surface area contributed by atoms with Crippen LogP contribution in [0.2, 0.25) is 5.15 Å². The van der Waals surface area contributed by atoms with Gasteiger partial charge in [-0.1, -0.05) is 17.7 Å². The van der Waals surface area contributed by atoms with Gasteiger partial charge in [0.25, 0.3) is 0 Å². The maximum Gasteiger partial charge on any atom is 0.404 e. The van der Waals surface area contributed by atoms with Crippen LogP contribution in [0.5, 0.6) is 0 Å². The molecule has 0 aliphatic heterocycles. The number of hydrogen-bond acceptors (Lipinski definition) is 4. The summed E-state index contributed by atoms with van der Waals surface area (Å²) in [6, 6.07) is 2.02. The summed E-state index contributed by atoms with van der Waals surface area (Å²) in [5.41, 5.74) is 2.08. The topological polar surface area (TPSA) is 75.1 Å². The predicted molar refractivity (Wildman–Crippen MR) is 79.2 cm³/mol. The molecule has 1 atom stereocenters. The Labute approximate surface area is 124 Å². The second kappa shape index (κ2) is 5.38. The van der Waals surface area contributed by atoms with Crippen LogP contribution in [0.15, 0.2) is 18.3 Å². The van der Waals surface area contributed by atoms with Gasteiger partial charge < -0.3 is 10.4 Å². The summed E-state index contributed by atoms with van der Waals surface area (Å²) >= 11 is 7.41. The number of fused-ring (bicyclic) bond motifs is 1. The van der Waals surface area contributed by atoms with Crippen LogP contribution in [0.4, 0.5) is 4.79 Å². The van der Waals surface area contributed by atoms with Crippen molar-refractivity contribution in [2.45, 2.75) is 25.3 Å². The lowest BCUT2D eigenvalue weighted by Gasteiger charge is -2.21. The van der Waals surface area contributed by atoms with Crippen LogP contribution >= 0.6 is 22.9 Å². The van der Waals surface area contributed by atoms with Crippen LogP contribution in [0.1, 0.15) is 24.1 Å². The third-order valence-corrected chi connectivity index (χ3v) is 4.54. The molecular formula is C13H12ClN3O2S. The number of rotatable bonds is 2. The summed E-state index contributed by atoms with van der Waals surface area (Å²) in [6.45, 7) is 0. The van der Waals surface area contributed by atoms with Crippen molar-refractivity contribution < 1.29 is 9.90 Å². The molecule has 0 aromatic carbocycles. The molecule has 1 amide bonds. The summed E-state index contributed by atoms with van der Waals surface area (Å²) < 4.78 is 0. The molecule has 3 rings (SSSR count). The molecule has 5 nitrogen and oxygen atoms in total. The Balaban J connectivity index is 1.81. The van der Waals surface area contributed by atoms with Crippen LogP contribution in [-0.2, 0) is 0 Å². The molecule has 1 aliphatic carbocycles. The first-order valence-corrected chi connectivity index (χ1v) is 7.42. The number of hydrogen-bond donors (Lipinski definition) is 2. The molecule has 2 N–H and O–H groups in total. The lowest BCUT2D eigenvalue weighted by molar-refractivity contribution is 0.189. The number of carbonyl (C=O) groups is 1. The number of aromatic nitrogens is 2. The van der Waals surface area contributed by atoms with Crippen LogP contribution < -0.4 is 5.32 Å². The van der Waals surface area contributed by atoms with Crippen molar-refractivity contribution in [3.8, 4) is 0 Å². The number of amides is 1. The number of halogens is 1. The van der Waals surface area contributed by atoms with E-state index in [0.717, 1.165) is 34.5 Å². The smallest absolute Gasteiger partial charge is 0.404 e. The molecular weight excluding hydrogens is 298 g/mol. The van der Waals surface area contributed by atoms with Gasteiger partial charge >= 0.3 is 6.09 Å². The van der Waals surface area contributed by atoms with Crippen molar-refractivity contribution in [1.29, 1.82) is 0 Å². The van der Waals surface area contributed by atoms with Crippen molar-refractivity contribution >= 4 is 45.0 Å². The van der Waals surface area contributed by atoms with Gasteiger partial charge in [0.1, 0.15) is 15.5 Å². The van der Waals surface area contributed by atoms with Gasteiger partial charge in [-0.25, -0.2) is 9.78 Å². The molecule has 2 aromatic heterocycles. The molecule has 0 saturated heterocycles. The average Bonchev–Trinajstić information content (AvgIpc) is 2.81. The Kier molecular flexibility index (Phi) is 3.58. The van der Waals surface area contributed by atoms with Gasteiger partial charge in [0.15, 0.2) is 0 Å². The molecule has 0 saturated carbocycles. The first kappa shape index (κ1) is 13.3. The molecule has 2 heterocycles. The van der Waals surface area contributed by atoms with Gasteiger partial charge in [0.05, 0.1) is 6.20 Å². The third-order valence-electron chi connectivity index (χ3n) is 3.27. The van der Waals surface area contributed by atoms with Crippen LogP contribution in [-0.4, -0.2) is 27.2 Å². The highest BCUT2D eigenvalue weighted by molar-refractivity contribution is 7.19. The minimum atomic E-state index is -0.961. The number of nitrogens with zero attached hydrogens (tertiary/aromatic N) is 2. The van der Waals surface area contributed by atoms with E-state index in [-0.39, 0.29) is 6.04 Å². The second-order valence-corrected chi connectivity index (χ2v) is 6.06. The molecule has 0 fully saturated rings. The predicted octanol–water partition coefficient (Wildman–Crippen LogP) is 3.55. The monoisotopic (exact) mass is 309 g/mol. The van der Waals surface area contributed by atoms with Crippen molar-refractivity contribution in [3.63, 3.8) is 0 Å². The SMILES string of the molecule is O=C(O)N[C@H]1CC=C(c2cc3ncc(Cl)nc3s2)CC1. The summed E-state index contributed by atoms with van der Waals surface area (Å²) in [5, 5.41) is 11.6. The molecule has 0 bridgehead atoms. The zero-order valence-corrected chi connectivity index (χ0v) is 12.0. The number of allylic oxidation sites excluding steroid dienone is 1. The molecule has 7 heteroatoms. The Morgan fingerprint density at radius 3 is 3.10 bits per heavy atom. The maximum absolute atomic E-state index is 10.6. The lowest BCUT2D eigenvalue weighted by Crippen LogP contribution is -2.34. The highest BCUT2D eigenvalue weighted by Gasteiger charge is 2.18. The van der Waals surface area contributed by atoms with Gasteiger partial charge in [-0.2, -0.15) is 0 Å². The normalized spacial score (nSPS) is 18.9. The van der Waals surface area contributed by atoms with E-state index in [2.05, 4.69) is 21.4 Å². The van der Waals surface area contributed by atoms with E-state index in [1.54, 1.807) is 17.5 Å². The van der Waals surface area contributed by atoms with E-state index >= 15 is 0 Å². The number of carboxylic acid groups (broad SMARTS) is 1. The molecule has 0 spiro atoms. The fourth-order valence-corrected chi connectivity index (χ4v) is 3.55. The van der Waals surface area contributed by atoms with E-state index in [0.29, 0.717) is 5.15 Å². The first-order valence-electron chi connectivity index (χ1n) is 6.23. The zero-order valence-electron chi connectivity index (χ0n) is 10.5. The Bertz CT molecular complexity index is 698. The molecule has 1 aliphatic rings. The molecule has 2 aromatic rings. The molecule has 20 heavy (non-hydrogen) atoms. The van der Waals surface area contributed by atoms with Gasteiger partial charge in [0.2, 0.25) is 0 Å². The fraction of sp³-hybridized carbons (Fsp3) is 0.308. The Morgan fingerprint density at radius 1 is 1.55 bits per heavy atom. The van der Waals surface area contributed by atoms with Crippen molar-refractivity contribution in [2.75, 3.05) is 0 Å².